The summed E-state index contributed by atoms with van der Waals surface area (Å²) in [6, 6.07) is 11.8. The molecule has 1 atom stereocenters. The molecule has 6 heteroatoms. The van der Waals surface area contributed by atoms with Crippen molar-refractivity contribution in [2.75, 3.05) is 31.5 Å². The zero-order chi connectivity index (χ0) is 20.3. The average Bonchev–Trinajstić information content (AvgIpc) is 2.68. The monoisotopic (exact) mass is 400 g/mol. The van der Waals surface area contributed by atoms with Crippen LogP contribution in [0.1, 0.15) is 34.6 Å². The summed E-state index contributed by atoms with van der Waals surface area (Å²) in [7, 11) is 0.126. The topological polar surface area (TPSA) is 63.4 Å². The van der Waals surface area contributed by atoms with Crippen LogP contribution < -0.4 is 14.6 Å². The maximum atomic E-state index is 13.7. The van der Waals surface area contributed by atoms with Crippen LogP contribution in [-0.2, 0) is 16.4 Å². The summed E-state index contributed by atoms with van der Waals surface area (Å²) >= 11 is 0. The quantitative estimate of drug-likeness (QED) is 0.723. The van der Waals surface area contributed by atoms with E-state index in [-0.39, 0.29) is 5.92 Å². The summed E-state index contributed by atoms with van der Waals surface area (Å²) in [5.41, 5.74) is 4.73. The van der Waals surface area contributed by atoms with Gasteiger partial charge in [-0.05, 0) is 62.1 Å². The number of aryl methyl sites for hydroxylation is 3. The van der Waals surface area contributed by atoms with E-state index >= 15 is 0 Å². The molecule has 1 aliphatic rings. The van der Waals surface area contributed by atoms with E-state index in [1.165, 1.54) is 0 Å². The molecule has 0 saturated carbocycles. The number of hydrogen-bond acceptors (Lipinski definition) is 3. The lowest BCUT2D eigenvalue weighted by molar-refractivity contribution is -0.416. The first-order valence-electron chi connectivity index (χ1n) is 9.77. The molecule has 2 aromatic rings. The lowest BCUT2D eigenvalue weighted by Gasteiger charge is -2.32. The molecule has 0 aromatic heterocycles. The van der Waals surface area contributed by atoms with Crippen molar-refractivity contribution in [2.24, 2.45) is 0 Å². The Morgan fingerprint density at radius 3 is 2.71 bits per heavy atom. The minimum atomic E-state index is -3.64. The van der Waals surface area contributed by atoms with Gasteiger partial charge in [-0.3, -0.25) is 9.30 Å². The number of para-hydroxylation sites is 1. The number of likely N-dealkylation sites (N-methyl/N-ethyl adjacent to an activating group) is 1. The fraction of sp³-hybridized carbons (Fsp3) is 0.409. The smallest absolute Gasteiger partial charge is 0.264 e. The van der Waals surface area contributed by atoms with Gasteiger partial charge in [-0.1, -0.05) is 30.3 Å². The Labute approximate surface area is 168 Å². The van der Waals surface area contributed by atoms with Crippen LogP contribution in [0, 0.1) is 13.8 Å². The lowest BCUT2D eigenvalue weighted by atomic mass is 9.99. The molecule has 150 valence electrons. The van der Waals surface area contributed by atoms with Crippen molar-refractivity contribution in [3.8, 4) is 0 Å². The minimum Gasteiger partial charge on any atom is -0.319 e. The molecule has 5 nitrogen and oxygen atoms in total. The number of rotatable bonds is 6. The Morgan fingerprint density at radius 1 is 1.21 bits per heavy atom. The van der Waals surface area contributed by atoms with E-state index in [0.717, 1.165) is 47.3 Å². The molecule has 0 aliphatic carbocycles. The van der Waals surface area contributed by atoms with E-state index in [1.54, 1.807) is 4.31 Å². The van der Waals surface area contributed by atoms with E-state index in [2.05, 4.69) is 10.3 Å². The fourth-order valence-electron chi connectivity index (χ4n) is 3.98. The third-order valence-corrected chi connectivity index (χ3v) is 7.32. The van der Waals surface area contributed by atoms with Gasteiger partial charge >= 0.3 is 0 Å². The molecule has 1 unspecified atom stereocenters. The van der Waals surface area contributed by atoms with E-state index in [1.807, 2.05) is 70.6 Å². The first kappa shape index (κ1) is 20.6. The molecule has 2 aromatic carbocycles. The van der Waals surface area contributed by atoms with Crippen molar-refractivity contribution in [1.29, 1.82) is 0 Å². The normalized spacial score (nSPS) is 15.6. The summed E-state index contributed by atoms with van der Waals surface area (Å²) in [5, 5.41) is 3.18. The summed E-state index contributed by atoms with van der Waals surface area (Å²) in [6.07, 6.45) is 3.74. The lowest BCUT2D eigenvalue weighted by Crippen LogP contribution is -2.64. The number of anilines is 1. The predicted molar refractivity (Wildman–Crippen MR) is 115 cm³/mol. The van der Waals surface area contributed by atoms with Gasteiger partial charge in [0.15, 0.2) is 0 Å². The molecule has 0 bridgehead atoms. The maximum absolute atomic E-state index is 13.7. The Balaban J connectivity index is 2.10. The largest absolute Gasteiger partial charge is 0.319 e. The standard InChI is InChI=1S/C22H29N3O2S/c1-16-10-11-19(20(14-23-3)15-24-4)13-21(16)28(26,27)25-12-6-9-18-8-5-7-17(2)22(18)25/h5,7-8,10-11,13-14,20,24H,6,9,12,15H2,1-4H3/p+1. The third kappa shape index (κ3) is 3.84. The van der Waals surface area contributed by atoms with Gasteiger partial charge in [-0.2, -0.15) is 0 Å². The van der Waals surface area contributed by atoms with Gasteiger partial charge in [0.25, 0.3) is 10.0 Å². The van der Waals surface area contributed by atoms with Crippen molar-refractivity contribution in [1.82, 2.24) is 5.32 Å². The average molecular weight is 401 g/mol. The van der Waals surface area contributed by atoms with Crippen molar-refractivity contribution in [3.05, 3.63) is 58.7 Å². The fourth-order valence-corrected chi connectivity index (χ4v) is 5.85. The van der Waals surface area contributed by atoms with Gasteiger partial charge in [-0.15, -0.1) is 0 Å². The molecule has 1 heterocycles. The molecule has 28 heavy (non-hydrogen) atoms. The van der Waals surface area contributed by atoms with E-state index in [4.69, 9.17) is 0 Å². The number of fused-ring (bicyclic) bond motifs is 1. The first-order valence-corrected chi connectivity index (χ1v) is 11.2. The summed E-state index contributed by atoms with van der Waals surface area (Å²) in [4.78, 5) is 3.48. The summed E-state index contributed by atoms with van der Waals surface area (Å²) in [5.74, 6) is 0.0833. The molecular formula is C22H30N3O2S+. The van der Waals surface area contributed by atoms with Crippen molar-refractivity contribution >= 4 is 21.9 Å². The zero-order valence-electron chi connectivity index (χ0n) is 17.1. The molecule has 0 spiro atoms. The molecule has 2 N–H and O–H groups in total. The van der Waals surface area contributed by atoms with Crippen LogP contribution in [0.25, 0.3) is 0 Å². The highest BCUT2D eigenvalue weighted by Crippen LogP contribution is 2.36. The summed E-state index contributed by atoms with van der Waals surface area (Å²) < 4.78 is 29.0. The maximum Gasteiger partial charge on any atom is 0.264 e. The number of benzene rings is 2. The van der Waals surface area contributed by atoms with Gasteiger partial charge < -0.3 is 5.32 Å². The van der Waals surface area contributed by atoms with Gasteiger partial charge in [0.1, 0.15) is 13.3 Å². The van der Waals surface area contributed by atoms with Crippen molar-refractivity contribution in [3.63, 3.8) is 0 Å². The van der Waals surface area contributed by atoms with E-state index < -0.39 is 10.0 Å². The van der Waals surface area contributed by atoms with Gasteiger partial charge in [-0.25, -0.2) is 8.42 Å². The SMILES string of the molecule is CNCC(C=[NH+]C)c1ccc(C)c(S(=O)(=O)N2CCCc3cccc(C)c32)c1. The van der Waals surface area contributed by atoms with Crippen LogP contribution in [0.2, 0.25) is 0 Å². The highest BCUT2D eigenvalue weighted by molar-refractivity contribution is 7.92. The highest BCUT2D eigenvalue weighted by Gasteiger charge is 2.31. The Bertz CT molecular complexity index is 983. The Kier molecular flexibility index (Phi) is 6.20. The second kappa shape index (κ2) is 8.45. The Hall–Kier alpha value is -2.18. The number of nitrogens with one attached hydrogen (secondary N) is 2. The van der Waals surface area contributed by atoms with Crippen LogP contribution >= 0.6 is 0 Å². The Morgan fingerprint density at radius 2 is 2.00 bits per heavy atom. The number of nitrogens with zero attached hydrogens (tertiary/aromatic N) is 1. The second-order valence-corrected chi connectivity index (χ2v) is 9.24. The molecule has 0 radical (unpaired) electrons. The van der Waals surface area contributed by atoms with Crippen molar-refractivity contribution in [2.45, 2.75) is 37.5 Å². The number of hydrogen-bond donors (Lipinski definition) is 2. The van der Waals surface area contributed by atoms with Crippen LogP contribution in [-0.4, -0.2) is 41.8 Å². The third-order valence-electron chi connectivity index (χ3n) is 5.38. The van der Waals surface area contributed by atoms with E-state index in [0.29, 0.717) is 11.4 Å². The highest BCUT2D eigenvalue weighted by atomic mass is 32.2. The predicted octanol–water partition coefficient (Wildman–Crippen LogP) is 1.53. The molecular weight excluding hydrogens is 370 g/mol. The van der Waals surface area contributed by atoms with Gasteiger partial charge in [0.2, 0.25) is 0 Å². The van der Waals surface area contributed by atoms with Gasteiger partial charge in [0, 0.05) is 13.1 Å². The molecule has 0 fully saturated rings. The van der Waals surface area contributed by atoms with Crippen LogP contribution in [0.15, 0.2) is 41.3 Å². The zero-order valence-corrected chi connectivity index (χ0v) is 17.9. The van der Waals surface area contributed by atoms with Crippen LogP contribution in [0.5, 0.6) is 0 Å². The van der Waals surface area contributed by atoms with Gasteiger partial charge in [0.05, 0.1) is 16.5 Å². The minimum absolute atomic E-state index is 0.0833. The molecule has 3 rings (SSSR count). The molecule has 0 saturated heterocycles. The van der Waals surface area contributed by atoms with Crippen LogP contribution in [0.3, 0.4) is 0 Å². The van der Waals surface area contributed by atoms with E-state index in [9.17, 15) is 8.42 Å². The first-order chi connectivity index (χ1) is 13.4. The number of sulfonamides is 1. The molecule has 0 amide bonds. The molecule has 1 aliphatic heterocycles. The summed E-state index contributed by atoms with van der Waals surface area (Å²) in [6.45, 7) is 5.11. The van der Waals surface area contributed by atoms with Crippen molar-refractivity contribution < 1.29 is 13.4 Å². The second-order valence-electron chi connectivity index (χ2n) is 7.41. The van der Waals surface area contributed by atoms with Crippen LogP contribution in [0.4, 0.5) is 5.69 Å².